The average Bonchev–Trinajstić information content (AvgIpc) is 2.33. The molecule has 0 unspecified atom stereocenters. The summed E-state index contributed by atoms with van der Waals surface area (Å²) in [4.78, 5) is 2.19. The molecule has 0 heterocycles. The van der Waals surface area contributed by atoms with Crippen LogP contribution in [0.1, 0.15) is 16.7 Å². The fourth-order valence-corrected chi connectivity index (χ4v) is 2.47. The number of benzene rings is 2. The van der Waals surface area contributed by atoms with Gasteiger partial charge in [0.05, 0.1) is 0 Å². The number of halogens is 1. The minimum Gasteiger partial charge on any atom is -0.399 e. The Labute approximate surface area is 119 Å². The molecular formula is C16H19ClN2. The maximum Gasteiger partial charge on any atom is 0.0457 e. The van der Waals surface area contributed by atoms with Crippen molar-refractivity contribution in [1.29, 1.82) is 0 Å². The first-order valence-electron chi connectivity index (χ1n) is 6.29. The summed E-state index contributed by atoms with van der Waals surface area (Å²) in [6, 6.07) is 12.1. The first-order valence-corrected chi connectivity index (χ1v) is 6.67. The van der Waals surface area contributed by atoms with Crippen LogP contribution in [0.25, 0.3) is 0 Å². The van der Waals surface area contributed by atoms with Crippen molar-refractivity contribution in [3.05, 3.63) is 58.1 Å². The molecule has 0 spiro atoms. The Bertz CT molecular complexity index is 593. The van der Waals surface area contributed by atoms with Gasteiger partial charge >= 0.3 is 0 Å². The van der Waals surface area contributed by atoms with Crippen LogP contribution in [-0.4, -0.2) is 7.05 Å². The second-order valence-electron chi connectivity index (χ2n) is 5.00. The largest absolute Gasteiger partial charge is 0.399 e. The summed E-state index contributed by atoms with van der Waals surface area (Å²) in [6.07, 6.45) is 0. The van der Waals surface area contributed by atoms with E-state index in [9.17, 15) is 0 Å². The van der Waals surface area contributed by atoms with Crippen molar-refractivity contribution in [1.82, 2.24) is 0 Å². The molecule has 0 radical (unpaired) electrons. The zero-order valence-corrected chi connectivity index (χ0v) is 12.3. The molecule has 100 valence electrons. The van der Waals surface area contributed by atoms with Crippen molar-refractivity contribution in [2.24, 2.45) is 0 Å². The molecular weight excluding hydrogens is 256 g/mol. The third kappa shape index (κ3) is 3.21. The van der Waals surface area contributed by atoms with Gasteiger partial charge in [-0.3, -0.25) is 0 Å². The Morgan fingerprint density at radius 2 is 1.84 bits per heavy atom. The van der Waals surface area contributed by atoms with Crippen LogP contribution in [0.2, 0.25) is 5.02 Å². The summed E-state index contributed by atoms with van der Waals surface area (Å²) in [5.41, 5.74) is 11.4. The fourth-order valence-electron chi connectivity index (χ4n) is 2.29. The highest BCUT2D eigenvalue weighted by Crippen LogP contribution is 2.25. The summed E-state index contributed by atoms with van der Waals surface area (Å²) in [6.45, 7) is 4.97. The molecule has 0 amide bonds. The quantitative estimate of drug-likeness (QED) is 0.851. The number of nitrogens with zero attached hydrogens (tertiary/aromatic N) is 1. The summed E-state index contributed by atoms with van der Waals surface area (Å²) >= 11 is 6.21. The number of nitrogens with two attached hydrogens (primary N) is 1. The van der Waals surface area contributed by atoms with Crippen LogP contribution >= 0.6 is 11.6 Å². The Kier molecular flexibility index (Phi) is 4.01. The lowest BCUT2D eigenvalue weighted by atomic mass is 10.1. The molecule has 0 fully saturated rings. The molecule has 2 nitrogen and oxygen atoms in total. The molecule has 0 aliphatic rings. The van der Waals surface area contributed by atoms with E-state index in [4.69, 9.17) is 17.3 Å². The molecule has 19 heavy (non-hydrogen) atoms. The number of anilines is 2. The van der Waals surface area contributed by atoms with Crippen LogP contribution in [0.3, 0.4) is 0 Å². The molecule has 2 N–H and O–H groups in total. The zero-order valence-electron chi connectivity index (χ0n) is 11.6. The Morgan fingerprint density at radius 3 is 2.53 bits per heavy atom. The third-order valence-electron chi connectivity index (χ3n) is 3.24. The predicted molar refractivity (Wildman–Crippen MR) is 83.9 cm³/mol. The van der Waals surface area contributed by atoms with Gasteiger partial charge in [0, 0.05) is 30.0 Å². The van der Waals surface area contributed by atoms with E-state index in [2.05, 4.69) is 44.0 Å². The van der Waals surface area contributed by atoms with E-state index in [0.29, 0.717) is 0 Å². The van der Waals surface area contributed by atoms with Gasteiger partial charge in [0.25, 0.3) is 0 Å². The predicted octanol–water partition coefficient (Wildman–Crippen LogP) is 4.18. The van der Waals surface area contributed by atoms with Gasteiger partial charge in [0.1, 0.15) is 0 Å². The second kappa shape index (κ2) is 5.54. The lowest BCUT2D eigenvalue weighted by Crippen LogP contribution is -2.17. The number of aryl methyl sites for hydroxylation is 2. The minimum atomic E-state index is 0.744. The second-order valence-corrected chi connectivity index (χ2v) is 5.40. The lowest BCUT2D eigenvalue weighted by molar-refractivity contribution is 0.917. The van der Waals surface area contributed by atoms with Crippen molar-refractivity contribution in [3.63, 3.8) is 0 Å². The van der Waals surface area contributed by atoms with Crippen molar-refractivity contribution in [2.75, 3.05) is 17.7 Å². The molecule has 3 heteroatoms. The summed E-state index contributed by atoms with van der Waals surface area (Å²) < 4.78 is 0. The first-order chi connectivity index (χ1) is 8.97. The maximum atomic E-state index is 6.21. The van der Waals surface area contributed by atoms with Gasteiger partial charge < -0.3 is 10.6 Å². The highest BCUT2D eigenvalue weighted by molar-refractivity contribution is 6.31. The normalized spacial score (nSPS) is 10.5. The van der Waals surface area contributed by atoms with Gasteiger partial charge in [0.15, 0.2) is 0 Å². The smallest absolute Gasteiger partial charge is 0.0457 e. The standard InChI is InChI=1S/C16H19ClN2/c1-11-4-7-16(12(2)8-11)19(3)10-13-9-14(18)5-6-15(13)17/h4-9H,10,18H2,1-3H3. The Morgan fingerprint density at radius 1 is 1.11 bits per heavy atom. The monoisotopic (exact) mass is 274 g/mol. The van der Waals surface area contributed by atoms with Crippen LogP contribution in [-0.2, 0) is 6.54 Å². The Balaban J connectivity index is 2.25. The SMILES string of the molecule is Cc1ccc(N(C)Cc2cc(N)ccc2Cl)c(C)c1. The lowest BCUT2D eigenvalue weighted by Gasteiger charge is -2.22. The molecule has 2 aromatic carbocycles. The van der Waals surface area contributed by atoms with Crippen molar-refractivity contribution in [2.45, 2.75) is 20.4 Å². The third-order valence-corrected chi connectivity index (χ3v) is 3.61. The molecule has 0 bridgehead atoms. The number of hydrogen-bond donors (Lipinski definition) is 1. The molecule has 0 saturated carbocycles. The first kappa shape index (κ1) is 13.8. The van der Waals surface area contributed by atoms with E-state index in [0.717, 1.165) is 22.8 Å². The van der Waals surface area contributed by atoms with Gasteiger partial charge in [-0.2, -0.15) is 0 Å². The van der Waals surface area contributed by atoms with Crippen molar-refractivity contribution < 1.29 is 0 Å². The van der Waals surface area contributed by atoms with E-state index in [1.54, 1.807) is 0 Å². The van der Waals surface area contributed by atoms with Crippen molar-refractivity contribution >= 4 is 23.0 Å². The number of rotatable bonds is 3. The minimum absolute atomic E-state index is 0.744. The highest BCUT2D eigenvalue weighted by Gasteiger charge is 2.08. The molecule has 0 aliphatic heterocycles. The summed E-state index contributed by atoms with van der Waals surface area (Å²) in [7, 11) is 2.07. The van der Waals surface area contributed by atoms with Gasteiger partial charge in [-0.05, 0) is 49.2 Å². The molecule has 2 aromatic rings. The molecule has 0 atom stereocenters. The van der Waals surface area contributed by atoms with Gasteiger partial charge in [0.2, 0.25) is 0 Å². The van der Waals surface area contributed by atoms with Crippen molar-refractivity contribution in [3.8, 4) is 0 Å². The summed E-state index contributed by atoms with van der Waals surface area (Å²) in [5.74, 6) is 0. The van der Waals surface area contributed by atoms with Gasteiger partial charge in [-0.1, -0.05) is 29.3 Å². The number of hydrogen-bond acceptors (Lipinski definition) is 2. The van der Waals surface area contributed by atoms with Crippen LogP contribution in [0.15, 0.2) is 36.4 Å². The van der Waals surface area contributed by atoms with E-state index < -0.39 is 0 Å². The summed E-state index contributed by atoms with van der Waals surface area (Å²) in [5, 5.41) is 0.755. The molecule has 0 aromatic heterocycles. The van der Waals surface area contributed by atoms with E-state index in [1.165, 1.54) is 16.8 Å². The average molecular weight is 275 g/mol. The highest BCUT2D eigenvalue weighted by atomic mass is 35.5. The molecule has 2 rings (SSSR count). The van der Waals surface area contributed by atoms with Crippen LogP contribution in [0.5, 0.6) is 0 Å². The fraction of sp³-hybridized carbons (Fsp3) is 0.250. The Hall–Kier alpha value is -1.67. The molecule has 0 saturated heterocycles. The van der Waals surface area contributed by atoms with Crippen LogP contribution in [0.4, 0.5) is 11.4 Å². The van der Waals surface area contributed by atoms with E-state index in [-0.39, 0.29) is 0 Å². The van der Waals surface area contributed by atoms with Crippen LogP contribution < -0.4 is 10.6 Å². The van der Waals surface area contributed by atoms with Gasteiger partial charge in [-0.25, -0.2) is 0 Å². The van der Waals surface area contributed by atoms with E-state index >= 15 is 0 Å². The maximum absolute atomic E-state index is 6.21. The van der Waals surface area contributed by atoms with E-state index in [1.807, 2.05) is 18.2 Å². The zero-order chi connectivity index (χ0) is 14.0. The topological polar surface area (TPSA) is 29.3 Å². The van der Waals surface area contributed by atoms with Gasteiger partial charge in [-0.15, -0.1) is 0 Å². The van der Waals surface area contributed by atoms with Crippen LogP contribution in [0, 0.1) is 13.8 Å². The number of nitrogen functional groups attached to an aromatic ring is 1. The molecule has 0 aliphatic carbocycles.